The molecule has 41 heavy (non-hydrogen) atoms. The summed E-state index contributed by atoms with van der Waals surface area (Å²) in [4.78, 5) is 23.9. The summed E-state index contributed by atoms with van der Waals surface area (Å²) in [5.41, 5.74) is 1.13. The van der Waals surface area contributed by atoms with E-state index in [1.165, 1.54) is 63.9 Å². The summed E-state index contributed by atoms with van der Waals surface area (Å²) in [6.45, 7) is 11.9. The number of hydrogen-bond donors (Lipinski definition) is 1. The second-order valence-electron chi connectivity index (χ2n) is 15.0. The molecular formula is C36H54O5. The van der Waals surface area contributed by atoms with Gasteiger partial charge in [0.15, 0.2) is 0 Å². The van der Waals surface area contributed by atoms with E-state index in [0.29, 0.717) is 29.3 Å². The summed E-state index contributed by atoms with van der Waals surface area (Å²) in [5.74, 6) is 4.56. The van der Waals surface area contributed by atoms with Crippen LogP contribution in [0.2, 0.25) is 0 Å². The van der Waals surface area contributed by atoms with Gasteiger partial charge in [-0.2, -0.15) is 0 Å². The molecule has 10 atom stereocenters. The van der Waals surface area contributed by atoms with E-state index in [4.69, 9.17) is 9.47 Å². The molecule has 5 nitrogen and oxygen atoms in total. The molecule has 0 saturated heterocycles. The van der Waals surface area contributed by atoms with Crippen LogP contribution in [0.1, 0.15) is 122 Å². The Kier molecular flexibility index (Phi) is 9.12. The smallest absolute Gasteiger partial charge is 0.341 e. The zero-order chi connectivity index (χ0) is 29.4. The van der Waals surface area contributed by atoms with Crippen LogP contribution in [0.5, 0.6) is 5.75 Å². The minimum atomic E-state index is -0.441. The second-order valence-corrected chi connectivity index (χ2v) is 15.0. The van der Waals surface area contributed by atoms with Gasteiger partial charge in [0.1, 0.15) is 17.4 Å². The van der Waals surface area contributed by atoms with Crippen LogP contribution in [-0.4, -0.2) is 29.8 Å². The maximum absolute atomic E-state index is 12.3. The first kappa shape index (κ1) is 30.4. The van der Waals surface area contributed by atoms with Crippen molar-refractivity contribution in [2.24, 2.45) is 52.3 Å². The SMILES string of the molecule is CC(=O)OC1CC[C@@]2(C)C(CC[C@H]3[C@@H]4CC[C@H]([C@H](C)CCCC(C)COC(=O)c5ccccc5O)[C@@]4(C)CC[C@@H]32)C1. The molecular weight excluding hydrogens is 512 g/mol. The molecule has 0 spiro atoms. The minimum Gasteiger partial charge on any atom is -0.507 e. The third kappa shape index (κ3) is 6.07. The van der Waals surface area contributed by atoms with Crippen LogP contribution >= 0.6 is 0 Å². The largest absolute Gasteiger partial charge is 0.507 e. The van der Waals surface area contributed by atoms with Crippen LogP contribution in [0.15, 0.2) is 24.3 Å². The molecule has 1 N–H and O–H groups in total. The van der Waals surface area contributed by atoms with Crippen LogP contribution in [0, 0.1) is 52.3 Å². The molecule has 0 aromatic heterocycles. The van der Waals surface area contributed by atoms with Crippen molar-refractivity contribution in [1.29, 1.82) is 0 Å². The Balaban J connectivity index is 1.11. The quantitative estimate of drug-likeness (QED) is 0.303. The fourth-order valence-electron chi connectivity index (χ4n) is 10.6. The van der Waals surface area contributed by atoms with Gasteiger partial charge in [0.2, 0.25) is 0 Å². The molecule has 5 rings (SSSR count). The van der Waals surface area contributed by atoms with Gasteiger partial charge < -0.3 is 14.6 Å². The molecule has 0 aliphatic heterocycles. The number of carbonyl (C=O) groups is 2. The molecule has 5 heteroatoms. The summed E-state index contributed by atoms with van der Waals surface area (Å²) < 4.78 is 11.2. The van der Waals surface area contributed by atoms with Gasteiger partial charge in [-0.25, -0.2) is 4.79 Å². The maximum Gasteiger partial charge on any atom is 0.341 e. The van der Waals surface area contributed by atoms with Gasteiger partial charge in [-0.05, 0) is 129 Å². The Morgan fingerprint density at radius 1 is 0.951 bits per heavy atom. The number of phenols is 1. The van der Waals surface area contributed by atoms with E-state index in [1.807, 2.05) is 0 Å². The number of carbonyl (C=O) groups excluding carboxylic acids is 2. The van der Waals surface area contributed by atoms with Crippen molar-refractivity contribution in [3.63, 3.8) is 0 Å². The molecule has 1 aromatic carbocycles. The van der Waals surface area contributed by atoms with Crippen LogP contribution in [-0.2, 0) is 14.3 Å². The van der Waals surface area contributed by atoms with E-state index >= 15 is 0 Å². The lowest BCUT2D eigenvalue weighted by Crippen LogP contribution is -2.54. The molecule has 4 saturated carbocycles. The Labute approximate surface area is 248 Å². The molecule has 4 fully saturated rings. The van der Waals surface area contributed by atoms with Gasteiger partial charge in [0, 0.05) is 6.92 Å². The molecule has 228 valence electrons. The molecule has 0 heterocycles. The number of rotatable bonds is 9. The number of fused-ring (bicyclic) bond motifs is 5. The van der Waals surface area contributed by atoms with Crippen molar-refractivity contribution in [3.05, 3.63) is 29.8 Å². The first-order valence-electron chi connectivity index (χ1n) is 16.6. The van der Waals surface area contributed by atoms with Crippen molar-refractivity contribution in [2.75, 3.05) is 6.61 Å². The fraction of sp³-hybridized carbons (Fsp3) is 0.778. The maximum atomic E-state index is 12.3. The standard InChI is InChI=1S/C36H54O5/c1-23(22-40-34(39)29-11-6-7-12-33(29)38)9-8-10-24(2)30-15-16-31-28-14-13-26-21-27(41-25(3)37)17-19-35(26,4)32(28)18-20-36(30,31)5/h6-7,11-12,23-24,26-28,30-32,38H,8-10,13-22H2,1-5H3/t23?,24-,26?,27?,28+,30-,31+,32+,35+,36-/m1/s1. The van der Waals surface area contributed by atoms with Crippen LogP contribution < -0.4 is 0 Å². The highest BCUT2D eigenvalue weighted by atomic mass is 16.5. The van der Waals surface area contributed by atoms with Gasteiger partial charge in [-0.15, -0.1) is 0 Å². The molecule has 3 unspecified atom stereocenters. The zero-order valence-electron chi connectivity index (χ0n) is 26.2. The Bertz CT molecular complexity index is 1080. The third-order valence-electron chi connectivity index (χ3n) is 12.7. The van der Waals surface area contributed by atoms with Crippen molar-refractivity contribution < 1.29 is 24.2 Å². The van der Waals surface area contributed by atoms with Crippen LogP contribution in [0.4, 0.5) is 0 Å². The monoisotopic (exact) mass is 566 g/mol. The highest BCUT2D eigenvalue weighted by molar-refractivity contribution is 5.92. The third-order valence-corrected chi connectivity index (χ3v) is 12.7. The second kappa shape index (κ2) is 12.3. The van der Waals surface area contributed by atoms with Crippen molar-refractivity contribution >= 4 is 11.9 Å². The van der Waals surface area contributed by atoms with Crippen molar-refractivity contribution in [3.8, 4) is 5.75 Å². The van der Waals surface area contributed by atoms with E-state index in [9.17, 15) is 14.7 Å². The average molecular weight is 567 g/mol. The first-order valence-corrected chi connectivity index (χ1v) is 16.6. The van der Waals surface area contributed by atoms with Gasteiger partial charge in [-0.1, -0.05) is 52.7 Å². The fourth-order valence-corrected chi connectivity index (χ4v) is 10.6. The average Bonchev–Trinajstić information content (AvgIpc) is 3.29. The molecule has 4 aliphatic rings. The van der Waals surface area contributed by atoms with Gasteiger partial charge >= 0.3 is 11.9 Å². The summed E-state index contributed by atoms with van der Waals surface area (Å²) in [5, 5.41) is 9.90. The molecule has 0 radical (unpaired) electrons. The van der Waals surface area contributed by atoms with Gasteiger partial charge in [0.05, 0.1) is 6.61 Å². The Morgan fingerprint density at radius 3 is 2.44 bits per heavy atom. The van der Waals surface area contributed by atoms with E-state index in [0.717, 1.165) is 48.9 Å². The van der Waals surface area contributed by atoms with E-state index in [1.54, 1.807) is 25.1 Å². The number of phenolic OH excluding ortho intramolecular Hbond substituents is 1. The number of aromatic hydroxyl groups is 1. The van der Waals surface area contributed by atoms with Crippen molar-refractivity contribution in [1.82, 2.24) is 0 Å². The van der Waals surface area contributed by atoms with Gasteiger partial charge in [-0.3, -0.25) is 4.79 Å². The van der Waals surface area contributed by atoms with Gasteiger partial charge in [0.25, 0.3) is 0 Å². The number of esters is 2. The first-order chi connectivity index (χ1) is 19.5. The lowest BCUT2D eigenvalue weighted by atomic mass is 9.44. The topological polar surface area (TPSA) is 72.8 Å². The molecule has 4 aliphatic carbocycles. The summed E-state index contributed by atoms with van der Waals surface area (Å²) in [6, 6.07) is 6.57. The molecule has 0 bridgehead atoms. The summed E-state index contributed by atoms with van der Waals surface area (Å²) in [6.07, 6.45) is 15.2. The molecule has 1 aromatic rings. The van der Waals surface area contributed by atoms with Crippen LogP contribution in [0.3, 0.4) is 0 Å². The predicted molar refractivity (Wildman–Crippen MR) is 161 cm³/mol. The number of para-hydroxylation sites is 1. The minimum absolute atomic E-state index is 0.0230. The highest BCUT2D eigenvalue weighted by Gasteiger charge is 2.60. The lowest BCUT2D eigenvalue weighted by molar-refractivity contribution is -0.160. The predicted octanol–water partition coefficient (Wildman–Crippen LogP) is 8.58. The Hall–Kier alpha value is -2.04. The number of ether oxygens (including phenoxy) is 2. The van der Waals surface area contributed by atoms with E-state index in [2.05, 4.69) is 27.7 Å². The molecule has 0 amide bonds. The lowest BCUT2D eigenvalue weighted by Gasteiger charge is -2.61. The number of benzene rings is 1. The zero-order valence-corrected chi connectivity index (χ0v) is 26.2. The van der Waals surface area contributed by atoms with E-state index in [-0.39, 0.29) is 23.4 Å². The highest BCUT2D eigenvalue weighted by Crippen LogP contribution is 2.68. The van der Waals surface area contributed by atoms with E-state index < -0.39 is 5.97 Å². The Morgan fingerprint density at radius 2 is 1.68 bits per heavy atom. The summed E-state index contributed by atoms with van der Waals surface area (Å²) >= 11 is 0. The van der Waals surface area contributed by atoms with Crippen LogP contribution in [0.25, 0.3) is 0 Å². The normalized spacial score (nSPS) is 37.7. The summed E-state index contributed by atoms with van der Waals surface area (Å²) in [7, 11) is 0. The number of hydrogen-bond acceptors (Lipinski definition) is 5. The van der Waals surface area contributed by atoms with Crippen molar-refractivity contribution in [2.45, 2.75) is 118 Å².